The number of rotatable bonds is 11. The van der Waals surface area contributed by atoms with Crippen LogP contribution in [0.25, 0.3) is 32.0 Å². The van der Waals surface area contributed by atoms with E-state index in [1.165, 1.54) is 22.7 Å². The summed E-state index contributed by atoms with van der Waals surface area (Å²) in [6.07, 6.45) is 3.59. The fraction of sp³-hybridized carbons (Fsp3) is 0.292. The lowest BCUT2D eigenvalue weighted by Gasteiger charge is -2.10. The van der Waals surface area contributed by atoms with Gasteiger partial charge < -0.3 is 20.3 Å². The highest BCUT2D eigenvalue weighted by molar-refractivity contribution is 7.93. The summed E-state index contributed by atoms with van der Waals surface area (Å²) in [7, 11) is 0. The van der Waals surface area contributed by atoms with E-state index in [-0.39, 0.29) is 12.5 Å². The molecule has 0 aliphatic carbocycles. The molecule has 0 saturated carbocycles. The van der Waals surface area contributed by atoms with Gasteiger partial charge in [0.1, 0.15) is 32.7 Å². The van der Waals surface area contributed by atoms with Crippen molar-refractivity contribution in [3.8, 4) is 27.6 Å². The molecule has 0 spiro atoms. The number of aromatic nitrogens is 2. The molecule has 1 atom stereocenters. The summed E-state index contributed by atoms with van der Waals surface area (Å²) in [6.45, 7) is 2.38. The Hall–Kier alpha value is -2.37. The average molecular weight is 549 g/mol. The van der Waals surface area contributed by atoms with E-state index in [1.807, 2.05) is 35.7 Å². The van der Waals surface area contributed by atoms with Gasteiger partial charge in [0.05, 0.1) is 0 Å². The molecule has 11 heteroatoms. The Morgan fingerprint density at radius 1 is 1.31 bits per heavy atom. The normalized spacial score (nSPS) is 12.1. The molecule has 1 unspecified atom stereocenters. The highest BCUT2D eigenvalue weighted by Crippen LogP contribution is 2.44. The minimum atomic E-state index is -1.17. The average Bonchev–Trinajstić information content (AvgIpc) is 3.53. The molecule has 1 aromatic carbocycles. The van der Waals surface area contributed by atoms with E-state index in [9.17, 15) is 9.35 Å². The Labute approximate surface area is 219 Å². The number of carbonyl (C=O) groups excluding carboxylic acids is 1. The number of alkyl halides is 1. The largest absolute Gasteiger partial charge is 0.611 e. The first-order valence-electron chi connectivity index (χ1n) is 11.1. The van der Waals surface area contributed by atoms with Crippen LogP contribution in [0.15, 0.2) is 46.1 Å². The quantitative estimate of drug-likeness (QED) is 0.194. The second kappa shape index (κ2) is 12.0. The number of ether oxygens (including phenoxy) is 1. The summed E-state index contributed by atoms with van der Waals surface area (Å²) in [6, 6.07) is 9.41. The number of nitrogens with two attached hydrogens (primary N) is 1. The van der Waals surface area contributed by atoms with Crippen LogP contribution in [0, 0.1) is 0 Å². The molecule has 1 amide bonds. The highest BCUT2D eigenvalue weighted by Gasteiger charge is 2.25. The van der Waals surface area contributed by atoms with Crippen molar-refractivity contribution in [3.63, 3.8) is 0 Å². The molecule has 3 aromatic heterocycles. The maximum atomic E-state index is 12.9. The van der Waals surface area contributed by atoms with Gasteiger partial charge in [-0.2, -0.15) is 0 Å². The van der Waals surface area contributed by atoms with Crippen LogP contribution in [0.2, 0.25) is 0 Å². The molecule has 3 heterocycles. The first-order valence-corrected chi connectivity index (χ1v) is 14.6. The van der Waals surface area contributed by atoms with Gasteiger partial charge in [-0.1, -0.05) is 36.8 Å². The van der Waals surface area contributed by atoms with Crippen molar-refractivity contribution in [2.45, 2.75) is 24.0 Å². The molecule has 0 radical (unpaired) electrons. The van der Waals surface area contributed by atoms with Gasteiger partial charge >= 0.3 is 0 Å². The number of pyridine rings is 1. The summed E-state index contributed by atoms with van der Waals surface area (Å²) in [5, 5.41) is 6.17. The van der Waals surface area contributed by atoms with Gasteiger partial charge in [0.25, 0.3) is 5.91 Å². The maximum Gasteiger partial charge on any atom is 0.257 e. The third-order valence-corrected chi connectivity index (χ3v) is 9.14. The van der Waals surface area contributed by atoms with Crippen LogP contribution in [0.5, 0.6) is 5.75 Å². The standard InChI is InChI=1S/C24H25ClN4O3S3/c1-2-3-12-35(31)24-21(26)20-17(13-18(29-23(20)34-24)22-28-10-11-33-22)15-4-6-16(7-5-15)32-14-19(30)27-9-8-25/h4-7,10-11,13H,2-3,8-9,12,14,26H2,1H3,(H,27,30). The second-order valence-corrected chi connectivity index (χ2v) is 11.7. The van der Waals surface area contributed by atoms with Gasteiger partial charge in [0.2, 0.25) is 4.21 Å². The molecule has 4 rings (SSSR count). The molecule has 0 bridgehead atoms. The number of thiophene rings is 1. The van der Waals surface area contributed by atoms with Gasteiger partial charge in [-0.05, 0) is 46.9 Å². The lowest BCUT2D eigenvalue weighted by Crippen LogP contribution is -2.30. The molecule has 0 fully saturated rings. The van der Waals surface area contributed by atoms with E-state index in [1.54, 1.807) is 6.20 Å². The second-order valence-electron chi connectivity index (χ2n) is 7.63. The van der Waals surface area contributed by atoms with Gasteiger partial charge in [0, 0.05) is 29.4 Å². The number of fused-ring (bicyclic) bond motifs is 1. The number of hydrogen-bond acceptors (Lipinski definition) is 8. The predicted molar refractivity (Wildman–Crippen MR) is 146 cm³/mol. The molecule has 184 valence electrons. The number of nitrogens with zero attached hydrogens (tertiary/aromatic N) is 2. The van der Waals surface area contributed by atoms with Gasteiger partial charge in [0.15, 0.2) is 6.61 Å². The number of hydrogen-bond donors (Lipinski definition) is 2. The molecule has 3 N–H and O–H groups in total. The third kappa shape index (κ3) is 6.07. The summed E-state index contributed by atoms with van der Waals surface area (Å²) < 4.78 is 19.2. The van der Waals surface area contributed by atoms with Crippen molar-refractivity contribution in [1.82, 2.24) is 15.3 Å². The number of nitrogen functional groups attached to an aromatic ring is 1. The Balaban J connectivity index is 1.69. The van der Waals surface area contributed by atoms with Crippen molar-refractivity contribution < 1.29 is 14.1 Å². The van der Waals surface area contributed by atoms with Crippen molar-refractivity contribution >= 4 is 67.3 Å². The Kier molecular flexibility index (Phi) is 8.85. The molecule has 35 heavy (non-hydrogen) atoms. The Morgan fingerprint density at radius 3 is 2.80 bits per heavy atom. The van der Waals surface area contributed by atoms with Crippen LogP contribution in [0.3, 0.4) is 0 Å². The van der Waals surface area contributed by atoms with Crippen LogP contribution in [0.1, 0.15) is 19.8 Å². The number of amides is 1. The maximum absolute atomic E-state index is 12.9. The Morgan fingerprint density at radius 2 is 2.11 bits per heavy atom. The summed E-state index contributed by atoms with van der Waals surface area (Å²) in [4.78, 5) is 21.7. The number of carbonyl (C=O) groups is 1. The van der Waals surface area contributed by atoms with E-state index in [2.05, 4.69) is 17.2 Å². The van der Waals surface area contributed by atoms with Crippen molar-refractivity contribution in [2.75, 3.05) is 30.5 Å². The number of unbranched alkanes of at least 4 members (excludes halogenated alkanes) is 1. The predicted octanol–water partition coefficient (Wildman–Crippen LogP) is 5.31. The van der Waals surface area contributed by atoms with Crippen LogP contribution in [-0.2, 0) is 16.0 Å². The number of halogens is 1. The van der Waals surface area contributed by atoms with Crippen molar-refractivity contribution in [1.29, 1.82) is 0 Å². The van der Waals surface area contributed by atoms with Gasteiger partial charge in [-0.15, -0.1) is 22.9 Å². The smallest absolute Gasteiger partial charge is 0.257 e. The number of thiazole rings is 1. The Bertz CT molecular complexity index is 1280. The molecule has 0 aliphatic rings. The van der Waals surface area contributed by atoms with Crippen molar-refractivity contribution in [2.24, 2.45) is 0 Å². The molecular formula is C24H25ClN4O3S3. The molecule has 0 saturated heterocycles. The highest BCUT2D eigenvalue weighted by atomic mass is 35.5. The zero-order valence-electron chi connectivity index (χ0n) is 19.1. The van der Waals surface area contributed by atoms with E-state index in [0.717, 1.165) is 44.9 Å². The molecule has 4 aromatic rings. The number of nitrogens with one attached hydrogen (secondary N) is 1. The van der Waals surface area contributed by atoms with Crippen LogP contribution in [0.4, 0.5) is 5.69 Å². The van der Waals surface area contributed by atoms with Crippen LogP contribution >= 0.6 is 34.3 Å². The fourth-order valence-corrected chi connectivity index (χ4v) is 6.93. The zero-order chi connectivity index (χ0) is 24.8. The van der Waals surface area contributed by atoms with Crippen LogP contribution < -0.4 is 15.8 Å². The van der Waals surface area contributed by atoms with E-state index in [0.29, 0.717) is 33.8 Å². The van der Waals surface area contributed by atoms with Crippen LogP contribution in [-0.4, -0.2) is 45.2 Å². The van der Waals surface area contributed by atoms with E-state index >= 15 is 0 Å². The summed E-state index contributed by atoms with van der Waals surface area (Å²) >= 11 is 7.31. The molecule has 0 aliphatic heterocycles. The SMILES string of the molecule is CCCC[S+]([O-])c1sc2nc(-c3nccs3)cc(-c3ccc(OCC(=O)NCCCl)cc3)c2c1N. The minimum absolute atomic E-state index is 0.0889. The first-order chi connectivity index (χ1) is 17.0. The van der Waals surface area contributed by atoms with Crippen molar-refractivity contribution in [3.05, 3.63) is 41.9 Å². The zero-order valence-corrected chi connectivity index (χ0v) is 22.3. The van der Waals surface area contributed by atoms with E-state index < -0.39 is 11.2 Å². The number of anilines is 1. The minimum Gasteiger partial charge on any atom is -0.611 e. The monoisotopic (exact) mass is 548 g/mol. The summed E-state index contributed by atoms with van der Waals surface area (Å²) in [5.74, 6) is 1.27. The summed E-state index contributed by atoms with van der Waals surface area (Å²) in [5.41, 5.74) is 9.61. The molecular weight excluding hydrogens is 524 g/mol. The van der Waals surface area contributed by atoms with Gasteiger partial charge in [-0.25, -0.2) is 9.97 Å². The lowest BCUT2D eigenvalue weighted by molar-refractivity contribution is -0.122. The number of benzene rings is 1. The fourth-order valence-electron chi connectivity index (χ4n) is 3.44. The topological polar surface area (TPSA) is 113 Å². The third-order valence-electron chi connectivity index (χ3n) is 5.16. The molecule has 7 nitrogen and oxygen atoms in total. The first kappa shape index (κ1) is 25.7. The van der Waals surface area contributed by atoms with Gasteiger partial charge in [-0.3, -0.25) is 4.79 Å². The van der Waals surface area contributed by atoms with E-state index in [4.69, 9.17) is 27.1 Å². The lowest BCUT2D eigenvalue weighted by atomic mass is 10.0.